The number of ether oxygens (including phenoxy) is 2. The van der Waals surface area contributed by atoms with Gasteiger partial charge in [-0.05, 0) is 29.8 Å². The van der Waals surface area contributed by atoms with E-state index >= 15 is 0 Å². The van der Waals surface area contributed by atoms with E-state index in [4.69, 9.17) is 9.47 Å². The molecule has 0 saturated carbocycles. The van der Waals surface area contributed by atoms with E-state index in [1.807, 2.05) is 36.4 Å². The van der Waals surface area contributed by atoms with E-state index in [1.54, 1.807) is 24.8 Å². The van der Waals surface area contributed by atoms with E-state index in [9.17, 15) is 0 Å². The molecule has 0 atom stereocenters. The van der Waals surface area contributed by atoms with Crippen molar-refractivity contribution in [3.8, 4) is 6.01 Å². The lowest BCUT2D eigenvalue weighted by Gasteiger charge is -2.28. The van der Waals surface area contributed by atoms with Crippen molar-refractivity contribution in [1.29, 1.82) is 0 Å². The van der Waals surface area contributed by atoms with Gasteiger partial charge in [-0.3, -0.25) is 15.4 Å². The molecule has 9 nitrogen and oxygen atoms in total. The highest BCUT2D eigenvalue weighted by Gasteiger charge is 2.15. The van der Waals surface area contributed by atoms with E-state index < -0.39 is 0 Å². The van der Waals surface area contributed by atoms with Crippen molar-refractivity contribution in [2.45, 2.75) is 6.42 Å². The number of hydrogen-bond acceptors (Lipinski definition) is 9. The predicted octanol–water partition coefficient (Wildman–Crippen LogP) is 2.17. The first-order valence-electron chi connectivity index (χ1n) is 9.80. The third-order valence-corrected chi connectivity index (χ3v) is 4.44. The molecule has 1 aliphatic heterocycles. The minimum Gasteiger partial charge on any atom is -0.463 e. The lowest BCUT2D eigenvalue weighted by Crippen LogP contribution is -2.36. The van der Waals surface area contributed by atoms with E-state index in [0.717, 1.165) is 30.2 Å². The lowest BCUT2D eigenvalue weighted by atomic mass is 10.3. The minimum atomic E-state index is 0.302. The number of hydrogen-bond donors (Lipinski definition) is 1. The highest BCUT2D eigenvalue weighted by molar-refractivity contribution is 5.79. The summed E-state index contributed by atoms with van der Waals surface area (Å²) in [5.74, 6) is 1.34. The molecule has 1 N–H and O–H groups in total. The molecular formula is C21H23N7O2. The molecule has 4 rings (SSSR count). The Hall–Kier alpha value is -3.59. The molecule has 0 bridgehead atoms. The van der Waals surface area contributed by atoms with Crippen molar-refractivity contribution in [3.05, 3.63) is 66.2 Å². The number of hydrazone groups is 1. The third kappa shape index (κ3) is 5.71. The van der Waals surface area contributed by atoms with Crippen LogP contribution in [-0.2, 0) is 11.2 Å². The maximum atomic E-state index is 5.83. The van der Waals surface area contributed by atoms with Crippen LogP contribution in [0.1, 0.15) is 11.3 Å². The highest BCUT2D eigenvalue weighted by atomic mass is 16.5. The molecule has 1 saturated heterocycles. The average molecular weight is 405 g/mol. The monoisotopic (exact) mass is 405 g/mol. The van der Waals surface area contributed by atoms with Gasteiger partial charge >= 0.3 is 6.01 Å². The van der Waals surface area contributed by atoms with Gasteiger partial charge in [0.15, 0.2) is 5.82 Å². The molecule has 0 unspecified atom stereocenters. The fourth-order valence-corrected chi connectivity index (χ4v) is 2.90. The van der Waals surface area contributed by atoms with Gasteiger partial charge in [-0.25, -0.2) is 0 Å². The van der Waals surface area contributed by atoms with Gasteiger partial charge < -0.3 is 14.4 Å². The van der Waals surface area contributed by atoms with Crippen molar-refractivity contribution < 1.29 is 9.47 Å². The second-order valence-electron chi connectivity index (χ2n) is 6.56. The van der Waals surface area contributed by atoms with Gasteiger partial charge in [0.1, 0.15) is 5.82 Å². The van der Waals surface area contributed by atoms with Crippen LogP contribution < -0.4 is 15.1 Å². The zero-order valence-corrected chi connectivity index (χ0v) is 16.5. The van der Waals surface area contributed by atoms with E-state index in [-0.39, 0.29) is 0 Å². The molecule has 1 fully saturated rings. The fourth-order valence-electron chi connectivity index (χ4n) is 2.90. The van der Waals surface area contributed by atoms with Gasteiger partial charge in [0, 0.05) is 49.9 Å². The van der Waals surface area contributed by atoms with Crippen LogP contribution in [0, 0.1) is 0 Å². The SMILES string of the molecule is C(=NNc1cc(N2CCOCC2)nc(OCCc2ccccn2)n1)c1ccncc1. The maximum absolute atomic E-state index is 5.83. The molecule has 0 aromatic carbocycles. The van der Waals surface area contributed by atoms with Crippen molar-refractivity contribution in [2.24, 2.45) is 5.10 Å². The van der Waals surface area contributed by atoms with Crippen LogP contribution in [0.15, 0.2) is 60.1 Å². The molecule has 0 spiro atoms. The van der Waals surface area contributed by atoms with Crippen LogP contribution in [0.3, 0.4) is 0 Å². The van der Waals surface area contributed by atoms with Gasteiger partial charge in [-0.15, -0.1) is 0 Å². The van der Waals surface area contributed by atoms with Crippen LogP contribution >= 0.6 is 0 Å². The summed E-state index contributed by atoms with van der Waals surface area (Å²) in [5.41, 5.74) is 4.87. The van der Waals surface area contributed by atoms with Gasteiger partial charge in [-0.1, -0.05) is 6.07 Å². The quantitative estimate of drug-likeness (QED) is 0.450. The Balaban J connectivity index is 1.46. The largest absolute Gasteiger partial charge is 0.463 e. The van der Waals surface area contributed by atoms with E-state index in [2.05, 4.69) is 35.4 Å². The minimum absolute atomic E-state index is 0.302. The van der Waals surface area contributed by atoms with Crippen molar-refractivity contribution in [3.63, 3.8) is 0 Å². The molecular weight excluding hydrogens is 382 g/mol. The summed E-state index contributed by atoms with van der Waals surface area (Å²) in [6, 6.07) is 11.7. The summed E-state index contributed by atoms with van der Waals surface area (Å²) in [6.07, 6.45) is 7.59. The number of rotatable bonds is 8. The first kappa shape index (κ1) is 19.7. The van der Waals surface area contributed by atoms with Crippen molar-refractivity contribution in [2.75, 3.05) is 43.2 Å². The Morgan fingerprint density at radius 2 is 1.97 bits per heavy atom. The number of morpholine rings is 1. The highest BCUT2D eigenvalue weighted by Crippen LogP contribution is 2.20. The first-order valence-corrected chi connectivity index (χ1v) is 9.80. The normalized spacial score (nSPS) is 14.1. The predicted molar refractivity (Wildman–Crippen MR) is 114 cm³/mol. The standard InChI is InChI=1S/C21H23N7O2/c1-2-7-23-18(3-1)6-12-30-21-25-19(27-24-16-17-4-8-22-9-5-17)15-20(26-21)28-10-13-29-14-11-28/h1-5,7-9,15-16H,6,10-14H2,(H,25,26,27). The lowest BCUT2D eigenvalue weighted by molar-refractivity contribution is 0.122. The van der Waals surface area contributed by atoms with Gasteiger partial charge in [0.2, 0.25) is 0 Å². The van der Waals surface area contributed by atoms with Crippen LogP contribution in [-0.4, -0.2) is 59.1 Å². The summed E-state index contributed by atoms with van der Waals surface area (Å²) in [7, 11) is 0. The Morgan fingerprint density at radius 1 is 1.10 bits per heavy atom. The number of aromatic nitrogens is 4. The van der Waals surface area contributed by atoms with E-state index in [0.29, 0.717) is 38.1 Å². The molecule has 3 aromatic rings. The zero-order chi connectivity index (χ0) is 20.4. The van der Waals surface area contributed by atoms with Crippen LogP contribution in [0.5, 0.6) is 6.01 Å². The number of pyridine rings is 2. The van der Waals surface area contributed by atoms with E-state index in [1.165, 1.54) is 0 Å². The molecule has 0 aliphatic carbocycles. The summed E-state index contributed by atoms with van der Waals surface area (Å²) in [4.78, 5) is 19.5. The number of nitrogens with zero attached hydrogens (tertiary/aromatic N) is 6. The van der Waals surface area contributed by atoms with Crippen molar-refractivity contribution >= 4 is 17.9 Å². The maximum Gasteiger partial charge on any atom is 0.320 e. The van der Waals surface area contributed by atoms with Crippen molar-refractivity contribution in [1.82, 2.24) is 19.9 Å². The summed E-state index contributed by atoms with van der Waals surface area (Å²) >= 11 is 0. The Bertz CT molecular complexity index is 948. The fraction of sp³-hybridized carbons (Fsp3) is 0.286. The molecule has 0 amide bonds. The summed E-state index contributed by atoms with van der Waals surface area (Å²) in [6.45, 7) is 3.31. The Labute approximate surface area is 174 Å². The molecule has 0 radical (unpaired) electrons. The number of anilines is 2. The second-order valence-corrected chi connectivity index (χ2v) is 6.56. The summed E-state index contributed by atoms with van der Waals surface area (Å²) in [5, 5.41) is 4.27. The number of nitrogens with one attached hydrogen (secondary N) is 1. The van der Waals surface area contributed by atoms with Crippen LogP contribution in [0.4, 0.5) is 11.6 Å². The van der Waals surface area contributed by atoms with Gasteiger partial charge in [0.05, 0.1) is 26.0 Å². The molecule has 30 heavy (non-hydrogen) atoms. The topological polar surface area (TPSA) is 97.7 Å². The van der Waals surface area contributed by atoms with Crippen LogP contribution in [0.25, 0.3) is 0 Å². The molecule has 154 valence electrons. The zero-order valence-electron chi connectivity index (χ0n) is 16.5. The Morgan fingerprint density at radius 3 is 2.77 bits per heavy atom. The smallest absolute Gasteiger partial charge is 0.320 e. The van der Waals surface area contributed by atoms with Gasteiger partial charge in [0.25, 0.3) is 0 Å². The van der Waals surface area contributed by atoms with Crippen LogP contribution in [0.2, 0.25) is 0 Å². The van der Waals surface area contributed by atoms with Gasteiger partial charge in [-0.2, -0.15) is 15.1 Å². The Kier molecular flexibility index (Phi) is 6.74. The molecule has 3 aromatic heterocycles. The molecule has 4 heterocycles. The molecule has 9 heteroatoms. The first-order chi connectivity index (χ1) is 14.9. The second kappa shape index (κ2) is 10.3. The third-order valence-electron chi connectivity index (χ3n) is 4.44. The summed E-state index contributed by atoms with van der Waals surface area (Å²) < 4.78 is 11.3. The molecule has 1 aliphatic rings. The average Bonchev–Trinajstić information content (AvgIpc) is 2.81.